The van der Waals surface area contributed by atoms with E-state index >= 15 is 0 Å². The van der Waals surface area contributed by atoms with Crippen LogP contribution < -0.4 is 10.1 Å². The SMILES string of the molecule is Clc1cc(Cl)cc(CN[C@H]2CC[C@H](Oc3cc4ccncc4cc3Cl)CC2)c1. The third kappa shape index (κ3) is 4.90. The van der Waals surface area contributed by atoms with Gasteiger partial charge in [-0.3, -0.25) is 4.98 Å². The van der Waals surface area contributed by atoms with Crippen molar-refractivity contribution < 1.29 is 4.74 Å². The second-order valence-corrected chi connectivity index (χ2v) is 8.54. The number of halogens is 3. The molecule has 4 rings (SSSR count). The summed E-state index contributed by atoms with van der Waals surface area (Å²) in [5, 5.41) is 7.70. The van der Waals surface area contributed by atoms with Crippen LogP contribution in [0.25, 0.3) is 10.8 Å². The Morgan fingerprint density at radius 3 is 2.43 bits per heavy atom. The minimum atomic E-state index is 0.190. The summed E-state index contributed by atoms with van der Waals surface area (Å²) in [6, 6.07) is 12.0. The fourth-order valence-electron chi connectivity index (χ4n) is 3.72. The molecule has 1 fully saturated rings. The van der Waals surface area contributed by atoms with E-state index in [0.717, 1.165) is 54.3 Å². The summed E-state index contributed by atoms with van der Waals surface area (Å²) in [5.41, 5.74) is 1.10. The lowest BCUT2D eigenvalue weighted by Gasteiger charge is -2.30. The van der Waals surface area contributed by atoms with Crippen LogP contribution in [0.3, 0.4) is 0 Å². The Balaban J connectivity index is 1.31. The van der Waals surface area contributed by atoms with Gasteiger partial charge in [-0.25, -0.2) is 0 Å². The van der Waals surface area contributed by atoms with Crippen LogP contribution in [0.4, 0.5) is 0 Å². The summed E-state index contributed by atoms with van der Waals surface area (Å²) in [6.07, 6.45) is 7.91. The quantitative estimate of drug-likeness (QED) is 0.485. The molecule has 146 valence electrons. The third-order valence-electron chi connectivity index (χ3n) is 5.18. The highest BCUT2D eigenvalue weighted by Crippen LogP contribution is 2.33. The summed E-state index contributed by atoms with van der Waals surface area (Å²) in [4.78, 5) is 4.14. The average Bonchev–Trinajstić information content (AvgIpc) is 2.67. The topological polar surface area (TPSA) is 34.1 Å². The summed E-state index contributed by atoms with van der Waals surface area (Å²) in [7, 11) is 0. The molecule has 1 aromatic heterocycles. The predicted molar refractivity (Wildman–Crippen MR) is 117 cm³/mol. The fraction of sp³-hybridized carbons (Fsp3) is 0.318. The van der Waals surface area contributed by atoms with E-state index < -0.39 is 0 Å². The number of pyridine rings is 1. The van der Waals surface area contributed by atoms with Crippen LogP contribution in [0.2, 0.25) is 15.1 Å². The molecule has 0 aliphatic heterocycles. The van der Waals surface area contributed by atoms with Gasteiger partial charge in [0.05, 0.1) is 11.1 Å². The highest BCUT2D eigenvalue weighted by atomic mass is 35.5. The minimum Gasteiger partial charge on any atom is -0.489 e. The molecule has 1 aliphatic rings. The van der Waals surface area contributed by atoms with Crippen LogP contribution in [0.1, 0.15) is 31.2 Å². The van der Waals surface area contributed by atoms with Gasteiger partial charge < -0.3 is 10.1 Å². The molecule has 0 radical (unpaired) electrons. The van der Waals surface area contributed by atoms with Gasteiger partial charge in [0.15, 0.2) is 0 Å². The van der Waals surface area contributed by atoms with E-state index in [0.29, 0.717) is 21.1 Å². The Labute approximate surface area is 180 Å². The molecule has 6 heteroatoms. The van der Waals surface area contributed by atoms with Crippen molar-refractivity contribution >= 4 is 45.6 Å². The van der Waals surface area contributed by atoms with Gasteiger partial charge in [0, 0.05) is 40.4 Å². The standard InChI is InChI=1S/C22H21Cl3N2O/c23-17-7-14(8-18(24)11-17)12-27-19-1-3-20(4-2-19)28-22-10-15-5-6-26-13-16(15)9-21(22)25/h5-11,13,19-20,27H,1-4,12H2/t19-,20-. The molecule has 0 spiro atoms. The van der Waals surface area contributed by atoms with E-state index in [9.17, 15) is 0 Å². The maximum absolute atomic E-state index is 6.41. The van der Waals surface area contributed by atoms with E-state index in [1.807, 2.05) is 36.5 Å². The molecule has 1 saturated carbocycles. The smallest absolute Gasteiger partial charge is 0.138 e. The lowest BCUT2D eigenvalue weighted by atomic mass is 9.92. The molecule has 2 aromatic carbocycles. The van der Waals surface area contributed by atoms with Crippen LogP contribution in [0, 0.1) is 0 Å². The van der Waals surface area contributed by atoms with Gasteiger partial charge in [-0.1, -0.05) is 34.8 Å². The molecular formula is C22H21Cl3N2O. The number of nitrogens with zero attached hydrogens (tertiary/aromatic N) is 1. The van der Waals surface area contributed by atoms with Crippen molar-refractivity contribution in [3.63, 3.8) is 0 Å². The maximum Gasteiger partial charge on any atom is 0.138 e. The number of rotatable bonds is 5. The molecule has 28 heavy (non-hydrogen) atoms. The van der Waals surface area contributed by atoms with Crippen molar-refractivity contribution in [3.8, 4) is 5.75 Å². The summed E-state index contributed by atoms with van der Waals surface area (Å²) in [5.74, 6) is 0.755. The zero-order valence-corrected chi connectivity index (χ0v) is 17.6. The number of hydrogen-bond acceptors (Lipinski definition) is 3. The largest absolute Gasteiger partial charge is 0.489 e. The Morgan fingerprint density at radius 1 is 0.929 bits per heavy atom. The van der Waals surface area contributed by atoms with Crippen LogP contribution in [0.5, 0.6) is 5.75 Å². The van der Waals surface area contributed by atoms with Crippen molar-refractivity contribution in [3.05, 3.63) is 69.4 Å². The third-order valence-corrected chi connectivity index (χ3v) is 5.91. The van der Waals surface area contributed by atoms with Gasteiger partial charge >= 0.3 is 0 Å². The van der Waals surface area contributed by atoms with Crippen LogP contribution in [-0.4, -0.2) is 17.1 Å². The lowest BCUT2D eigenvalue weighted by molar-refractivity contribution is 0.139. The zero-order valence-electron chi connectivity index (χ0n) is 15.3. The van der Waals surface area contributed by atoms with Gasteiger partial charge in [0.25, 0.3) is 0 Å². The van der Waals surface area contributed by atoms with E-state index in [-0.39, 0.29) is 6.10 Å². The first-order valence-corrected chi connectivity index (χ1v) is 10.6. The molecule has 0 atom stereocenters. The van der Waals surface area contributed by atoms with Crippen LogP contribution in [-0.2, 0) is 6.54 Å². The summed E-state index contributed by atoms with van der Waals surface area (Å²) >= 11 is 18.6. The molecule has 1 N–H and O–H groups in total. The second kappa shape index (κ2) is 8.87. The molecule has 0 bridgehead atoms. The van der Waals surface area contributed by atoms with Crippen molar-refractivity contribution in [2.24, 2.45) is 0 Å². The first-order valence-electron chi connectivity index (χ1n) is 9.45. The van der Waals surface area contributed by atoms with Crippen molar-refractivity contribution in [2.75, 3.05) is 0 Å². The fourth-order valence-corrected chi connectivity index (χ4v) is 4.51. The monoisotopic (exact) mass is 434 g/mol. The van der Waals surface area contributed by atoms with Gasteiger partial charge in [-0.05, 0) is 73.0 Å². The number of ether oxygens (including phenoxy) is 1. The van der Waals surface area contributed by atoms with E-state index in [4.69, 9.17) is 39.5 Å². The number of nitrogens with one attached hydrogen (secondary N) is 1. The van der Waals surface area contributed by atoms with Gasteiger partial charge in [-0.15, -0.1) is 0 Å². The maximum atomic E-state index is 6.41. The Hall–Kier alpha value is -1.52. The molecule has 1 heterocycles. The van der Waals surface area contributed by atoms with E-state index in [1.54, 1.807) is 12.3 Å². The molecule has 0 saturated heterocycles. The van der Waals surface area contributed by atoms with Crippen LogP contribution >= 0.6 is 34.8 Å². The molecule has 0 amide bonds. The number of fused-ring (bicyclic) bond motifs is 1. The van der Waals surface area contributed by atoms with Crippen molar-refractivity contribution in [1.82, 2.24) is 10.3 Å². The first-order chi connectivity index (χ1) is 13.6. The lowest BCUT2D eigenvalue weighted by Crippen LogP contribution is -2.36. The second-order valence-electron chi connectivity index (χ2n) is 7.26. The highest BCUT2D eigenvalue weighted by Gasteiger charge is 2.23. The Bertz CT molecular complexity index is 951. The summed E-state index contributed by atoms with van der Waals surface area (Å²) in [6.45, 7) is 0.765. The van der Waals surface area contributed by atoms with E-state index in [1.165, 1.54) is 0 Å². The Kier molecular flexibility index (Phi) is 6.27. The molecular weight excluding hydrogens is 415 g/mol. The number of benzene rings is 2. The van der Waals surface area contributed by atoms with Crippen molar-refractivity contribution in [2.45, 2.75) is 44.4 Å². The highest BCUT2D eigenvalue weighted by molar-refractivity contribution is 6.34. The van der Waals surface area contributed by atoms with Gasteiger partial charge in [0.2, 0.25) is 0 Å². The average molecular weight is 436 g/mol. The number of hydrogen-bond donors (Lipinski definition) is 1. The molecule has 3 nitrogen and oxygen atoms in total. The van der Waals surface area contributed by atoms with Crippen molar-refractivity contribution in [1.29, 1.82) is 0 Å². The zero-order chi connectivity index (χ0) is 19.5. The van der Waals surface area contributed by atoms with Gasteiger partial charge in [-0.2, -0.15) is 0 Å². The predicted octanol–water partition coefficient (Wildman–Crippen LogP) is 6.67. The normalized spacial score (nSPS) is 19.7. The molecule has 1 aliphatic carbocycles. The first kappa shape index (κ1) is 19.8. The summed E-state index contributed by atoms with van der Waals surface area (Å²) < 4.78 is 6.22. The molecule has 0 unspecified atom stereocenters. The van der Waals surface area contributed by atoms with Gasteiger partial charge in [0.1, 0.15) is 5.75 Å². The van der Waals surface area contributed by atoms with Crippen LogP contribution in [0.15, 0.2) is 48.8 Å². The number of aromatic nitrogens is 1. The van der Waals surface area contributed by atoms with E-state index in [2.05, 4.69) is 10.3 Å². The minimum absolute atomic E-state index is 0.190. The molecule has 3 aromatic rings. The Morgan fingerprint density at radius 2 is 1.68 bits per heavy atom.